The number of nitroso groups, excluding NO2 is 1. The average molecular weight is 78.0 g/mol. The molecule has 0 bridgehead atoms. The van der Waals surface area contributed by atoms with E-state index in [9.17, 15) is 4.39 Å². The van der Waals surface area contributed by atoms with E-state index < -0.39 is 6.80 Å². The van der Waals surface area contributed by atoms with Gasteiger partial charge in [-0.15, -0.1) is 4.91 Å². The molecular formula is CH3FN2O. The zero-order chi connectivity index (χ0) is 4.12. The van der Waals surface area contributed by atoms with Gasteiger partial charge in [0.05, 0.1) is 5.29 Å². The van der Waals surface area contributed by atoms with Crippen molar-refractivity contribution in [3.05, 3.63) is 4.91 Å². The van der Waals surface area contributed by atoms with Gasteiger partial charge >= 0.3 is 0 Å². The van der Waals surface area contributed by atoms with Crippen LogP contribution < -0.4 is 5.43 Å². The molecule has 0 aromatic rings. The normalized spacial score (nSPS) is 6.60. The van der Waals surface area contributed by atoms with Crippen LogP contribution in [-0.4, -0.2) is 6.80 Å². The Morgan fingerprint density at radius 3 is 2.60 bits per heavy atom. The van der Waals surface area contributed by atoms with Crippen LogP contribution in [0.3, 0.4) is 0 Å². The maximum Gasteiger partial charge on any atom is 0.177 e. The molecule has 0 rings (SSSR count). The van der Waals surface area contributed by atoms with Crippen LogP contribution in [0, 0.1) is 4.91 Å². The van der Waals surface area contributed by atoms with Gasteiger partial charge in [0.2, 0.25) is 0 Å². The first-order valence-corrected chi connectivity index (χ1v) is 1.03. The standard InChI is InChI=1S/CH3FN2O/c2-1-3-4-5/h1H2,(H,3,5). The van der Waals surface area contributed by atoms with E-state index in [0.29, 0.717) is 0 Å². The minimum Gasteiger partial charge on any atom is -0.244 e. The Hall–Kier alpha value is -0.670. The van der Waals surface area contributed by atoms with E-state index in [2.05, 4.69) is 0 Å². The molecule has 3 nitrogen and oxygen atoms in total. The predicted molar refractivity (Wildman–Crippen MR) is 14.9 cm³/mol. The first kappa shape index (κ1) is 4.33. The molecule has 0 saturated carbocycles. The molecule has 0 aromatic carbocycles. The summed E-state index contributed by atoms with van der Waals surface area (Å²) in [4.78, 5) is 8.80. The second-order valence-corrected chi connectivity index (χ2v) is 0.383. The second kappa shape index (κ2) is 3.33. The highest BCUT2D eigenvalue weighted by atomic mass is 19.1. The number of nitrogens with one attached hydrogen (secondary N) is 1. The molecule has 5 heavy (non-hydrogen) atoms. The smallest absolute Gasteiger partial charge is 0.177 e. The molecule has 30 valence electrons. The first-order valence-electron chi connectivity index (χ1n) is 1.03. The molecule has 0 aliphatic rings. The van der Waals surface area contributed by atoms with Crippen molar-refractivity contribution >= 4 is 0 Å². The van der Waals surface area contributed by atoms with E-state index in [1.165, 1.54) is 5.43 Å². The molecule has 0 saturated heterocycles. The Labute approximate surface area is 28.1 Å². The second-order valence-electron chi connectivity index (χ2n) is 0.383. The minimum absolute atomic E-state index is 0.885. The monoisotopic (exact) mass is 78.0 g/mol. The van der Waals surface area contributed by atoms with Crippen molar-refractivity contribution in [2.24, 2.45) is 5.29 Å². The van der Waals surface area contributed by atoms with Crippen molar-refractivity contribution in [3.63, 3.8) is 0 Å². The van der Waals surface area contributed by atoms with E-state index in [4.69, 9.17) is 4.91 Å². The average Bonchev–Trinajstić information content (AvgIpc) is 1.41. The fourth-order valence-corrected chi connectivity index (χ4v) is 0.0244. The molecule has 0 unspecified atom stereocenters. The van der Waals surface area contributed by atoms with Gasteiger partial charge in [-0.3, -0.25) is 0 Å². The zero-order valence-electron chi connectivity index (χ0n) is 2.44. The molecule has 0 aliphatic heterocycles. The summed E-state index contributed by atoms with van der Waals surface area (Å²) < 4.78 is 10.6. The van der Waals surface area contributed by atoms with Gasteiger partial charge in [0.25, 0.3) is 0 Å². The summed E-state index contributed by atoms with van der Waals surface area (Å²) in [5, 5.41) is 1.98. The Morgan fingerprint density at radius 1 is 2.00 bits per heavy atom. The maximum atomic E-state index is 10.6. The summed E-state index contributed by atoms with van der Waals surface area (Å²) in [5.41, 5.74) is 1.51. The number of alkyl halides is 1. The van der Waals surface area contributed by atoms with Crippen molar-refractivity contribution < 1.29 is 4.39 Å². The van der Waals surface area contributed by atoms with Gasteiger partial charge in [-0.2, -0.15) is 0 Å². The third-order valence-electron chi connectivity index (χ3n) is 0.124. The summed E-state index contributed by atoms with van der Waals surface area (Å²) in [7, 11) is 0. The number of hydrogen-bond donors (Lipinski definition) is 1. The molecule has 0 aromatic heterocycles. The largest absolute Gasteiger partial charge is 0.244 e. The molecule has 0 atom stereocenters. The highest BCUT2D eigenvalue weighted by Gasteiger charge is 1.63. The summed E-state index contributed by atoms with van der Waals surface area (Å²) in [5.74, 6) is 0. The van der Waals surface area contributed by atoms with E-state index in [0.717, 1.165) is 0 Å². The van der Waals surface area contributed by atoms with Crippen molar-refractivity contribution in [3.8, 4) is 0 Å². The van der Waals surface area contributed by atoms with Crippen LogP contribution in [0.15, 0.2) is 5.29 Å². The summed E-state index contributed by atoms with van der Waals surface area (Å²) in [6.07, 6.45) is 0. The van der Waals surface area contributed by atoms with Crippen LogP contribution in [0.2, 0.25) is 0 Å². The highest BCUT2D eigenvalue weighted by molar-refractivity contribution is 4.12. The van der Waals surface area contributed by atoms with Gasteiger partial charge in [0, 0.05) is 0 Å². The van der Waals surface area contributed by atoms with Gasteiger partial charge in [0.15, 0.2) is 6.80 Å². The zero-order valence-corrected chi connectivity index (χ0v) is 2.44. The topological polar surface area (TPSA) is 41.5 Å². The minimum atomic E-state index is -0.885. The Kier molecular flexibility index (Phi) is 2.88. The van der Waals surface area contributed by atoms with Gasteiger partial charge in [0.1, 0.15) is 0 Å². The molecule has 0 heterocycles. The van der Waals surface area contributed by atoms with E-state index in [-0.39, 0.29) is 0 Å². The number of halogens is 1. The lowest BCUT2D eigenvalue weighted by Crippen LogP contribution is -1.97. The molecule has 0 fully saturated rings. The summed E-state index contributed by atoms with van der Waals surface area (Å²) in [6.45, 7) is -0.885. The fourth-order valence-electron chi connectivity index (χ4n) is 0.0244. The predicted octanol–water partition coefficient (Wildman–Crippen LogP) is 0.184. The molecular weight excluding hydrogens is 75.0 g/mol. The SMILES string of the molecule is O=NNCF. The van der Waals surface area contributed by atoms with E-state index >= 15 is 0 Å². The van der Waals surface area contributed by atoms with Crippen LogP contribution in [0.4, 0.5) is 4.39 Å². The fraction of sp³-hybridized carbons (Fsp3) is 1.00. The lowest BCUT2D eigenvalue weighted by atomic mass is 11.4. The lowest BCUT2D eigenvalue weighted by Gasteiger charge is -1.73. The highest BCUT2D eigenvalue weighted by Crippen LogP contribution is 1.52. The van der Waals surface area contributed by atoms with Gasteiger partial charge in [-0.1, -0.05) is 0 Å². The maximum absolute atomic E-state index is 10.6. The first-order chi connectivity index (χ1) is 2.41. The third kappa shape index (κ3) is 3.33. The van der Waals surface area contributed by atoms with Crippen molar-refractivity contribution in [1.82, 2.24) is 5.43 Å². The molecule has 1 N–H and O–H groups in total. The number of hydrogen-bond acceptors (Lipinski definition) is 2. The van der Waals surface area contributed by atoms with Crippen LogP contribution in [0.1, 0.15) is 0 Å². The number of rotatable bonds is 2. The molecule has 0 spiro atoms. The van der Waals surface area contributed by atoms with Gasteiger partial charge < -0.3 is 0 Å². The third-order valence-corrected chi connectivity index (χ3v) is 0.124. The Balaban J connectivity index is 2.40. The summed E-state index contributed by atoms with van der Waals surface area (Å²) >= 11 is 0. The van der Waals surface area contributed by atoms with Crippen LogP contribution in [-0.2, 0) is 0 Å². The summed E-state index contributed by atoms with van der Waals surface area (Å²) in [6, 6.07) is 0. The van der Waals surface area contributed by atoms with E-state index in [1.807, 2.05) is 5.29 Å². The van der Waals surface area contributed by atoms with Crippen LogP contribution >= 0.6 is 0 Å². The molecule has 0 amide bonds. The van der Waals surface area contributed by atoms with Crippen molar-refractivity contribution in [1.29, 1.82) is 0 Å². The van der Waals surface area contributed by atoms with Crippen molar-refractivity contribution in [2.75, 3.05) is 6.80 Å². The Morgan fingerprint density at radius 2 is 2.60 bits per heavy atom. The van der Waals surface area contributed by atoms with Crippen LogP contribution in [0.5, 0.6) is 0 Å². The van der Waals surface area contributed by atoms with Gasteiger partial charge in [-0.05, 0) is 0 Å². The quantitative estimate of drug-likeness (QED) is 0.291. The lowest BCUT2D eigenvalue weighted by molar-refractivity contribution is 0.433. The number of nitrogens with zero attached hydrogens (tertiary/aromatic N) is 1. The van der Waals surface area contributed by atoms with Crippen LogP contribution in [0.25, 0.3) is 0 Å². The molecule has 0 radical (unpaired) electrons. The van der Waals surface area contributed by atoms with Gasteiger partial charge in [-0.25, -0.2) is 9.82 Å². The Bertz CT molecular complexity index is 30.8. The van der Waals surface area contributed by atoms with E-state index in [1.54, 1.807) is 0 Å². The molecule has 4 heteroatoms. The van der Waals surface area contributed by atoms with Crippen molar-refractivity contribution in [2.45, 2.75) is 0 Å². The molecule has 0 aliphatic carbocycles.